The number of rotatable bonds is 4. The van der Waals surface area contributed by atoms with Crippen LogP contribution in [0.15, 0.2) is 6.07 Å². The van der Waals surface area contributed by atoms with E-state index in [-0.39, 0.29) is 0 Å². The molecule has 14 heavy (non-hydrogen) atoms. The highest BCUT2D eigenvalue weighted by atomic mass is 16.7. The largest absolute Gasteiger partial charge is 0.479 e. The fourth-order valence-electron chi connectivity index (χ4n) is 0.941. The highest BCUT2D eigenvalue weighted by Gasteiger charge is 2.00. The van der Waals surface area contributed by atoms with Crippen LogP contribution in [0.3, 0.4) is 0 Å². The van der Waals surface area contributed by atoms with E-state index in [9.17, 15) is 4.79 Å². The molecule has 0 unspecified atom stereocenters. The van der Waals surface area contributed by atoms with Crippen molar-refractivity contribution >= 4 is 11.8 Å². The lowest BCUT2D eigenvalue weighted by molar-refractivity contribution is -0.141. The summed E-state index contributed by atoms with van der Waals surface area (Å²) < 4.78 is 0. The number of nitrogens with zero attached hydrogens (tertiary/aromatic N) is 2. The molecule has 0 atom stereocenters. The molecule has 1 heterocycles. The SMILES string of the molecule is Cc1cc(NOCC(=O)O)nc(C)n1. The van der Waals surface area contributed by atoms with Gasteiger partial charge in [0.05, 0.1) is 0 Å². The predicted molar refractivity (Wildman–Crippen MR) is 48.7 cm³/mol. The van der Waals surface area contributed by atoms with Crippen molar-refractivity contribution in [3.63, 3.8) is 0 Å². The molecule has 0 aliphatic heterocycles. The number of aliphatic carboxylic acids is 1. The molecule has 0 saturated heterocycles. The standard InChI is InChI=1S/C8H11N3O3/c1-5-3-7(10-6(2)9-5)11-14-4-8(12)13/h3H,4H2,1-2H3,(H,12,13)(H,9,10,11). The summed E-state index contributed by atoms with van der Waals surface area (Å²) in [5.41, 5.74) is 3.22. The van der Waals surface area contributed by atoms with Gasteiger partial charge in [-0.05, 0) is 13.8 Å². The average molecular weight is 197 g/mol. The molecule has 0 amide bonds. The molecule has 1 aromatic heterocycles. The van der Waals surface area contributed by atoms with E-state index in [0.717, 1.165) is 5.69 Å². The van der Waals surface area contributed by atoms with Gasteiger partial charge in [0, 0.05) is 11.8 Å². The van der Waals surface area contributed by atoms with Crippen LogP contribution in [0.2, 0.25) is 0 Å². The molecule has 0 saturated carbocycles. The van der Waals surface area contributed by atoms with Gasteiger partial charge in [-0.25, -0.2) is 20.2 Å². The van der Waals surface area contributed by atoms with E-state index < -0.39 is 12.6 Å². The van der Waals surface area contributed by atoms with Crippen LogP contribution < -0.4 is 5.48 Å². The normalized spacial score (nSPS) is 9.86. The van der Waals surface area contributed by atoms with Crippen LogP contribution in [0.4, 0.5) is 5.82 Å². The van der Waals surface area contributed by atoms with Gasteiger partial charge in [-0.3, -0.25) is 4.84 Å². The van der Waals surface area contributed by atoms with E-state index in [4.69, 9.17) is 5.11 Å². The Hall–Kier alpha value is -1.69. The lowest BCUT2D eigenvalue weighted by Gasteiger charge is -2.05. The molecular weight excluding hydrogens is 186 g/mol. The van der Waals surface area contributed by atoms with Crippen molar-refractivity contribution in [3.8, 4) is 0 Å². The first-order valence-corrected chi connectivity index (χ1v) is 4.00. The zero-order valence-electron chi connectivity index (χ0n) is 7.94. The molecule has 0 fully saturated rings. The van der Waals surface area contributed by atoms with E-state index >= 15 is 0 Å². The van der Waals surface area contributed by atoms with Crippen molar-refractivity contribution < 1.29 is 14.7 Å². The third-order valence-corrected chi connectivity index (χ3v) is 1.34. The van der Waals surface area contributed by atoms with Crippen LogP contribution >= 0.6 is 0 Å². The molecule has 0 bridgehead atoms. The van der Waals surface area contributed by atoms with E-state index in [1.54, 1.807) is 13.0 Å². The van der Waals surface area contributed by atoms with Crippen molar-refractivity contribution in [2.75, 3.05) is 12.1 Å². The summed E-state index contributed by atoms with van der Waals surface area (Å²) in [6.07, 6.45) is 0. The van der Waals surface area contributed by atoms with Gasteiger partial charge < -0.3 is 5.11 Å². The number of carbonyl (C=O) groups is 1. The average Bonchev–Trinajstić information content (AvgIpc) is 2.01. The van der Waals surface area contributed by atoms with Gasteiger partial charge in [0.25, 0.3) is 0 Å². The summed E-state index contributed by atoms with van der Waals surface area (Å²) in [5, 5.41) is 8.30. The molecular formula is C8H11N3O3. The second kappa shape index (κ2) is 4.52. The topological polar surface area (TPSA) is 84.3 Å². The van der Waals surface area contributed by atoms with Crippen molar-refractivity contribution in [2.45, 2.75) is 13.8 Å². The van der Waals surface area contributed by atoms with Crippen molar-refractivity contribution in [1.29, 1.82) is 0 Å². The highest BCUT2D eigenvalue weighted by molar-refractivity contribution is 5.68. The van der Waals surface area contributed by atoms with Crippen LogP contribution in [0.25, 0.3) is 0 Å². The Balaban J connectivity index is 2.54. The first-order chi connectivity index (χ1) is 6.58. The first-order valence-electron chi connectivity index (χ1n) is 4.00. The molecule has 0 aromatic carbocycles. The van der Waals surface area contributed by atoms with Crippen LogP contribution in [0.5, 0.6) is 0 Å². The third kappa shape index (κ3) is 3.36. The lowest BCUT2D eigenvalue weighted by Crippen LogP contribution is -2.12. The van der Waals surface area contributed by atoms with E-state index in [0.29, 0.717) is 11.6 Å². The molecule has 76 valence electrons. The summed E-state index contributed by atoms with van der Waals surface area (Å²) in [4.78, 5) is 22.8. The van der Waals surface area contributed by atoms with Crippen LogP contribution in [0, 0.1) is 13.8 Å². The second-order valence-corrected chi connectivity index (χ2v) is 2.73. The number of carboxylic acid groups (broad SMARTS) is 1. The number of aryl methyl sites for hydroxylation is 2. The Morgan fingerprint density at radius 2 is 2.29 bits per heavy atom. The molecule has 0 spiro atoms. The maximum Gasteiger partial charge on any atom is 0.332 e. The zero-order chi connectivity index (χ0) is 10.6. The van der Waals surface area contributed by atoms with Crippen molar-refractivity contribution in [3.05, 3.63) is 17.6 Å². The summed E-state index contributed by atoms with van der Waals surface area (Å²) in [6.45, 7) is 3.15. The maximum absolute atomic E-state index is 10.1. The second-order valence-electron chi connectivity index (χ2n) is 2.73. The van der Waals surface area contributed by atoms with E-state index in [2.05, 4.69) is 20.3 Å². The van der Waals surface area contributed by atoms with Crippen LogP contribution in [-0.4, -0.2) is 27.7 Å². The minimum Gasteiger partial charge on any atom is -0.479 e. The first kappa shape index (κ1) is 10.4. The smallest absolute Gasteiger partial charge is 0.332 e. The van der Waals surface area contributed by atoms with E-state index in [1.807, 2.05) is 6.92 Å². The molecule has 1 aromatic rings. The van der Waals surface area contributed by atoms with Gasteiger partial charge in [-0.1, -0.05) is 0 Å². The van der Waals surface area contributed by atoms with Crippen molar-refractivity contribution in [2.24, 2.45) is 0 Å². The zero-order valence-corrected chi connectivity index (χ0v) is 7.94. The quantitative estimate of drug-likeness (QED) is 0.684. The number of hydrogen-bond acceptors (Lipinski definition) is 5. The molecule has 0 radical (unpaired) electrons. The van der Waals surface area contributed by atoms with Crippen LogP contribution in [-0.2, 0) is 9.63 Å². The maximum atomic E-state index is 10.1. The van der Waals surface area contributed by atoms with Gasteiger partial charge >= 0.3 is 5.97 Å². The Bertz CT molecular complexity index is 320. The molecule has 2 N–H and O–H groups in total. The van der Waals surface area contributed by atoms with Gasteiger partial charge in [-0.15, -0.1) is 0 Å². The van der Waals surface area contributed by atoms with Gasteiger partial charge in [0.2, 0.25) is 0 Å². The van der Waals surface area contributed by atoms with Gasteiger partial charge in [-0.2, -0.15) is 0 Å². The molecule has 6 heteroatoms. The fourth-order valence-corrected chi connectivity index (χ4v) is 0.941. The number of anilines is 1. The highest BCUT2D eigenvalue weighted by Crippen LogP contribution is 2.04. The number of aromatic nitrogens is 2. The fraction of sp³-hybridized carbons (Fsp3) is 0.375. The third-order valence-electron chi connectivity index (χ3n) is 1.34. The van der Waals surface area contributed by atoms with Crippen LogP contribution in [0.1, 0.15) is 11.5 Å². The predicted octanol–water partition coefficient (Wildman–Crippen LogP) is 0.522. The lowest BCUT2D eigenvalue weighted by atomic mass is 10.4. The Labute approximate surface area is 80.9 Å². The van der Waals surface area contributed by atoms with Gasteiger partial charge in [0.15, 0.2) is 12.4 Å². The summed E-state index contributed by atoms with van der Waals surface area (Å²) in [6, 6.07) is 1.66. The Kier molecular flexibility index (Phi) is 3.35. The minimum absolute atomic E-state index is 0.415. The van der Waals surface area contributed by atoms with Crippen molar-refractivity contribution in [1.82, 2.24) is 9.97 Å². The summed E-state index contributed by atoms with van der Waals surface area (Å²) >= 11 is 0. The number of hydrogen-bond donors (Lipinski definition) is 2. The molecule has 0 aliphatic carbocycles. The van der Waals surface area contributed by atoms with Gasteiger partial charge in [0.1, 0.15) is 5.82 Å². The Morgan fingerprint density at radius 3 is 2.86 bits per heavy atom. The minimum atomic E-state index is -1.04. The summed E-state index contributed by atoms with van der Waals surface area (Å²) in [5.74, 6) is 0.0164. The number of carboxylic acids is 1. The molecule has 0 aliphatic rings. The number of nitrogens with one attached hydrogen (secondary N) is 1. The van der Waals surface area contributed by atoms with E-state index in [1.165, 1.54) is 0 Å². The summed E-state index contributed by atoms with van der Waals surface area (Å²) in [7, 11) is 0. The molecule has 6 nitrogen and oxygen atoms in total. The Morgan fingerprint density at radius 1 is 1.57 bits per heavy atom. The molecule has 1 rings (SSSR count). The monoisotopic (exact) mass is 197 g/mol.